The lowest BCUT2D eigenvalue weighted by atomic mass is 10.0. The molecule has 0 bridgehead atoms. The number of hydrogen-bond donors (Lipinski definition) is 2. The Morgan fingerprint density at radius 1 is 1.50 bits per heavy atom. The van der Waals surface area contributed by atoms with Crippen LogP contribution in [0.1, 0.15) is 30.9 Å². The van der Waals surface area contributed by atoms with Gasteiger partial charge in [-0.05, 0) is 32.0 Å². The first-order valence-corrected chi connectivity index (χ1v) is 4.72. The van der Waals surface area contributed by atoms with Gasteiger partial charge in [0, 0.05) is 23.9 Å². The number of likely N-dealkylation sites (N-methyl/N-ethyl adjacent to an activating group) is 1. The predicted octanol–water partition coefficient (Wildman–Crippen LogP) is 1.87. The maximum atomic E-state index is 3.38. The molecule has 2 rings (SSSR count). The molecule has 1 fully saturated rings. The first-order valence-electron chi connectivity index (χ1n) is 4.72. The lowest BCUT2D eigenvalue weighted by molar-refractivity contribution is 0.515. The SMILES string of the molecule is CNC1CCCC1c1ccc[nH]1. The van der Waals surface area contributed by atoms with Crippen molar-refractivity contribution in [2.45, 2.75) is 31.2 Å². The van der Waals surface area contributed by atoms with E-state index in [-0.39, 0.29) is 0 Å². The smallest absolute Gasteiger partial charge is 0.0194 e. The molecule has 1 aromatic rings. The highest BCUT2D eigenvalue weighted by molar-refractivity contribution is 5.14. The van der Waals surface area contributed by atoms with Crippen LogP contribution < -0.4 is 5.32 Å². The number of rotatable bonds is 2. The minimum atomic E-state index is 0.684. The van der Waals surface area contributed by atoms with E-state index in [9.17, 15) is 0 Å². The van der Waals surface area contributed by atoms with Crippen LogP contribution in [0.5, 0.6) is 0 Å². The second-order valence-corrected chi connectivity index (χ2v) is 3.56. The van der Waals surface area contributed by atoms with Crippen molar-refractivity contribution in [1.82, 2.24) is 10.3 Å². The molecule has 1 aliphatic rings. The molecule has 0 amide bonds. The van der Waals surface area contributed by atoms with Gasteiger partial charge in [0.15, 0.2) is 0 Å². The van der Waals surface area contributed by atoms with Crippen molar-refractivity contribution in [1.29, 1.82) is 0 Å². The third-order valence-electron chi connectivity index (χ3n) is 2.91. The highest BCUT2D eigenvalue weighted by Crippen LogP contribution is 2.33. The van der Waals surface area contributed by atoms with Crippen LogP contribution in [0.3, 0.4) is 0 Å². The third kappa shape index (κ3) is 1.27. The van der Waals surface area contributed by atoms with Crippen molar-refractivity contribution in [2.75, 3.05) is 7.05 Å². The summed E-state index contributed by atoms with van der Waals surface area (Å²) in [6.07, 6.45) is 6.02. The summed E-state index contributed by atoms with van der Waals surface area (Å²) in [5.41, 5.74) is 1.40. The van der Waals surface area contributed by atoms with Gasteiger partial charge in [0.05, 0.1) is 0 Å². The summed E-state index contributed by atoms with van der Waals surface area (Å²) in [5.74, 6) is 0.713. The lowest BCUT2D eigenvalue weighted by Gasteiger charge is -2.17. The minimum Gasteiger partial charge on any atom is -0.365 e. The molecular weight excluding hydrogens is 148 g/mol. The van der Waals surface area contributed by atoms with E-state index in [1.54, 1.807) is 0 Å². The summed E-state index contributed by atoms with van der Waals surface area (Å²) in [7, 11) is 2.06. The molecule has 2 nitrogen and oxygen atoms in total. The van der Waals surface area contributed by atoms with E-state index in [2.05, 4.69) is 29.5 Å². The van der Waals surface area contributed by atoms with Gasteiger partial charge < -0.3 is 10.3 Å². The van der Waals surface area contributed by atoms with Crippen LogP contribution in [0.2, 0.25) is 0 Å². The number of hydrogen-bond acceptors (Lipinski definition) is 1. The first kappa shape index (κ1) is 7.87. The highest BCUT2D eigenvalue weighted by atomic mass is 14.9. The molecule has 2 atom stereocenters. The van der Waals surface area contributed by atoms with Gasteiger partial charge in [0.1, 0.15) is 0 Å². The fourth-order valence-electron chi connectivity index (χ4n) is 2.25. The van der Waals surface area contributed by atoms with E-state index in [1.165, 1.54) is 25.0 Å². The Morgan fingerprint density at radius 3 is 3.08 bits per heavy atom. The Hall–Kier alpha value is -0.760. The fraction of sp³-hybridized carbons (Fsp3) is 0.600. The monoisotopic (exact) mass is 164 g/mol. The Balaban J connectivity index is 2.13. The van der Waals surface area contributed by atoms with E-state index in [1.807, 2.05) is 6.20 Å². The summed E-state index contributed by atoms with van der Waals surface area (Å²) in [4.78, 5) is 3.30. The Labute approximate surface area is 73.4 Å². The van der Waals surface area contributed by atoms with Crippen LogP contribution in [0.4, 0.5) is 0 Å². The van der Waals surface area contributed by atoms with Crippen molar-refractivity contribution < 1.29 is 0 Å². The summed E-state index contributed by atoms with van der Waals surface area (Å²) in [6, 6.07) is 4.96. The zero-order chi connectivity index (χ0) is 8.39. The van der Waals surface area contributed by atoms with Gasteiger partial charge in [0.2, 0.25) is 0 Å². The third-order valence-corrected chi connectivity index (χ3v) is 2.91. The quantitative estimate of drug-likeness (QED) is 0.686. The molecule has 12 heavy (non-hydrogen) atoms. The molecule has 1 saturated carbocycles. The largest absolute Gasteiger partial charge is 0.365 e. The summed E-state index contributed by atoms with van der Waals surface area (Å²) in [5, 5.41) is 3.38. The average Bonchev–Trinajstić information content (AvgIpc) is 2.74. The van der Waals surface area contributed by atoms with E-state index in [4.69, 9.17) is 0 Å². The van der Waals surface area contributed by atoms with Gasteiger partial charge in [-0.15, -0.1) is 0 Å². The van der Waals surface area contributed by atoms with E-state index in [0.29, 0.717) is 12.0 Å². The molecule has 66 valence electrons. The molecule has 2 unspecified atom stereocenters. The molecule has 1 heterocycles. The van der Waals surface area contributed by atoms with Gasteiger partial charge in [-0.3, -0.25) is 0 Å². The number of aromatic nitrogens is 1. The standard InChI is InChI=1S/C10H16N2/c1-11-9-5-2-4-8(9)10-6-3-7-12-10/h3,6-9,11-12H,2,4-5H2,1H3. The highest BCUT2D eigenvalue weighted by Gasteiger charge is 2.27. The molecule has 1 aliphatic carbocycles. The molecule has 1 aromatic heterocycles. The molecule has 0 aliphatic heterocycles. The first-order chi connectivity index (χ1) is 5.92. The van der Waals surface area contributed by atoms with Crippen LogP contribution in [0, 0.1) is 0 Å². The predicted molar refractivity (Wildman–Crippen MR) is 50.2 cm³/mol. The van der Waals surface area contributed by atoms with Crippen molar-refractivity contribution in [3.05, 3.63) is 24.0 Å². The van der Waals surface area contributed by atoms with E-state index in [0.717, 1.165) is 0 Å². The molecule has 0 saturated heterocycles. The zero-order valence-corrected chi connectivity index (χ0v) is 7.51. The van der Waals surface area contributed by atoms with Crippen molar-refractivity contribution in [2.24, 2.45) is 0 Å². The number of nitrogens with one attached hydrogen (secondary N) is 2. The van der Waals surface area contributed by atoms with Gasteiger partial charge in [-0.25, -0.2) is 0 Å². The van der Waals surface area contributed by atoms with Gasteiger partial charge in [-0.2, -0.15) is 0 Å². The van der Waals surface area contributed by atoms with Crippen LogP contribution in [0.15, 0.2) is 18.3 Å². The maximum absolute atomic E-state index is 3.38. The molecule has 0 radical (unpaired) electrons. The van der Waals surface area contributed by atoms with Crippen LogP contribution in [-0.4, -0.2) is 18.1 Å². The Kier molecular flexibility index (Phi) is 2.17. The normalized spacial score (nSPS) is 29.4. The summed E-state index contributed by atoms with van der Waals surface area (Å²) in [6.45, 7) is 0. The molecule has 0 spiro atoms. The summed E-state index contributed by atoms with van der Waals surface area (Å²) < 4.78 is 0. The molecular formula is C10H16N2. The molecule has 2 heteroatoms. The Bertz CT molecular complexity index is 228. The molecule has 2 N–H and O–H groups in total. The van der Waals surface area contributed by atoms with E-state index >= 15 is 0 Å². The van der Waals surface area contributed by atoms with Crippen molar-refractivity contribution in [3.63, 3.8) is 0 Å². The van der Waals surface area contributed by atoms with Crippen molar-refractivity contribution in [3.8, 4) is 0 Å². The van der Waals surface area contributed by atoms with Gasteiger partial charge >= 0.3 is 0 Å². The van der Waals surface area contributed by atoms with Gasteiger partial charge in [0.25, 0.3) is 0 Å². The molecule has 0 aromatic carbocycles. The second kappa shape index (κ2) is 3.31. The van der Waals surface area contributed by atoms with Crippen molar-refractivity contribution >= 4 is 0 Å². The second-order valence-electron chi connectivity index (χ2n) is 3.56. The Morgan fingerprint density at radius 2 is 2.42 bits per heavy atom. The topological polar surface area (TPSA) is 27.8 Å². The maximum Gasteiger partial charge on any atom is 0.0194 e. The number of aromatic amines is 1. The lowest BCUT2D eigenvalue weighted by Crippen LogP contribution is -2.27. The van der Waals surface area contributed by atoms with Gasteiger partial charge in [-0.1, -0.05) is 6.42 Å². The summed E-state index contributed by atoms with van der Waals surface area (Å²) >= 11 is 0. The zero-order valence-electron chi connectivity index (χ0n) is 7.51. The van der Waals surface area contributed by atoms with Crippen LogP contribution in [-0.2, 0) is 0 Å². The van der Waals surface area contributed by atoms with Crippen LogP contribution in [0.25, 0.3) is 0 Å². The average molecular weight is 164 g/mol. The fourth-order valence-corrected chi connectivity index (χ4v) is 2.25. The number of H-pyrrole nitrogens is 1. The minimum absolute atomic E-state index is 0.684. The van der Waals surface area contributed by atoms with E-state index < -0.39 is 0 Å². The van der Waals surface area contributed by atoms with Crippen LogP contribution >= 0.6 is 0 Å².